The molecule has 0 saturated carbocycles. The van der Waals surface area contributed by atoms with Crippen LogP contribution in [0, 0.1) is 6.92 Å². The molecule has 0 spiro atoms. The molecule has 1 aliphatic rings. The molecule has 9 heavy (non-hydrogen) atoms. The van der Waals surface area contributed by atoms with Gasteiger partial charge in [0.2, 0.25) is 0 Å². The second-order valence-electron chi connectivity index (χ2n) is 2.25. The summed E-state index contributed by atoms with van der Waals surface area (Å²) in [7, 11) is 0. The third-order valence-corrected chi connectivity index (χ3v) is 1.58. The summed E-state index contributed by atoms with van der Waals surface area (Å²) in [6, 6.07) is 1.97. The van der Waals surface area contributed by atoms with Crippen LogP contribution in [0.1, 0.15) is 17.4 Å². The Bertz CT molecular complexity index is 210. The molecule has 2 nitrogen and oxygen atoms in total. The van der Waals surface area contributed by atoms with Crippen molar-refractivity contribution >= 4 is 0 Å². The first kappa shape index (κ1) is 5.06. The van der Waals surface area contributed by atoms with Gasteiger partial charge in [0.05, 0.1) is 12.9 Å². The number of furan rings is 1. The van der Waals surface area contributed by atoms with E-state index in [0.29, 0.717) is 6.10 Å². The molecule has 2 rings (SSSR count). The molecule has 1 unspecified atom stereocenters. The van der Waals surface area contributed by atoms with Crippen LogP contribution in [-0.4, -0.2) is 6.61 Å². The summed E-state index contributed by atoms with van der Waals surface area (Å²) in [5.41, 5.74) is 1.20. The smallest absolute Gasteiger partial charge is 0.109 e. The zero-order valence-electron chi connectivity index (χ0n) is 5.26. The molecule has 1 aromatic heterocycles. The highest BCUT2D eigenvalue weighted by Gasteiger charge is 2.27. The van der Waals surface area contributed by atoms with E-state index in [4.69, 9.17) is 9.15 Å². The molecule has 0 radical (unpaired) electrons. The lowest BCUT2D eigenvalue weighted by atomic mass is 10.2. The summed E-state index contributed by atoms with van der Waals surface area (Å²) < 4.78 is 10.2. The normalized spacial score (nSPS) is 24.3. The average Bonchev–Trinajstić information content (AvgIpc) is 2.58. The summed E-state index contributed by atoms with van der Waals surface area (Å²) in [5.74, 6) is 0.984. The molecule has 1 fully saturated rings. The molecule has 0 aromatic carbocycles. The van der Waals surface area contributed by atoms with Crippen LogP contribution in [0.5, 0.6) is 0 Å². The largest absolute Gasteiger partial charge is 0.469 e. The quantitative estimate of drug-likeness (QED) is 0.532. The Morgan fingerprint density at radius 2 is 2.44 bits per heavy atom. The molecule has 48 valence electrons. The van der Waals surface area contributed by atoms with E-state index in [2.05, 4.69) is 0 Å². The average molecular weight is 124 g/mol. The van der Waals surface area contributed by atoms with Crippen LogP contribution in [0.2, 0.25) is 0 Å². The molecule has 2 heteroatoms. The molecule has 0 aliphatic carbocycles. The Hall–Kier alpha value is -0.760. The van der Waals surface area contributed by atoms with E-state index >= 15 is 0 Å². The molecular formula is C7H8O2. The molecule has 0 N–H and O–H groups in total. The van der Waals surface area contributed by atoms with E-state index < -0.39 is 0 Å². The van der Waals surface area contributed by atoms with Crippen LogP contribution < -0.4 is 0 Å². The Labute approximate surface area is 53.4 Å². The van der Waals surface area contributed by atoms with Crippen LogP contribution >= 0.6 is 0 Å². The molecule has 2 heterocycles. The zero-order chi connectivity index (χ0) is 6.27. The van der Waals surface area contributed by atoms with Gasteiger partial charge in [-0.05, 0) is 13.0 Å². The van der Waals surface area contributed by atoms with Gasteiger partial charge in [-0.2, -0.15) is 0 Å². The van der Waals surface area contributed by atoms with Gasteiger partial charge in [-0.1, -0.05) is 0 Å². The highest BCUT2D eigenvalue weighted by atomic mass is 16.6. The van der Waals surface area contributed by atoms with Crippen LogP contribution in [0.4, 0.5) is 0 Å². The summed E-state index contributed by atoms with van der Waals surface area (Å²) in [6.45, 7) is 2.82. The fourth-order valence-electron chi connectivity index (χ4n) is 0.956. The van der Waals surface area contributed by atoms with Gasteiger partial charge in [-0.3, -0.25) is 0 Å². The topological polar surface area (TPSA) is 25.7 Å². The van der Waals surface area contributed by atoms with Crippen molar-refractivity contribution in [3.05, 3.63) is 23.7 Å². The van der Waals surface area contributed by atoms with Gasteiger partial charge in [0.15, 0.2) is 0 Å². The fourth-order valence-corrected chi connectivity index (χ4v) is 0.956. The van der Waals surface area contributed by atoms with E-state index in [1.165, 1.54) is 5.56 Å². The van der Waals surface area contributed by atoms with E-state index in [1.54, 1.807) is 6.26 Å². The van der Waals surface area contributed by atoms with E-state index in [9.17, 15) is 0 Å². The lowest BCUT2D eigenvalue weighted by Gasteiger charge is -1.86. The fraction of sp³-hybridized carbons (Fsp3) is 0.429. The van der Waals surface area contributed by atoms with E-state index in [-0.39, 0.29) is 0 Å². The van der Waals surface area contributed by atoms with Crippen molar-refractivity contribution in [3.63, 3.8) is 0 Å². The minimum absolute atomic E-state index is 0.337. The first-order valence-electron chi connectivity index (χ1n) is 3.03. The van der Waals surface area contributed by atoms with Crippen molar-refractivity contribution in [1.29, 1.82) is 0 Å². The van der Waals surface area contributed by atoms with Crippen LogP contribution in [0.15, 0.2) is 16.7 Å². The SMILES string of the molecule is Cc1occc1C1CO1. The van der Waals surface area contributed by atoms with E-state index in [1.807, 2.05) is 13.0 Å². The molecule has 0 bridgehead atoms. The van der Waals surface area contributed by atoms with Crippen molar-refractivity contribution in [2.24, 2.45) is 0 Å². The number of epoxide rings is 1. The minimum Gasteiger partial charge on any atom is -0.469 e. The third kappa shape index (κ3) is 0.754. The Morgan fingerprint density at radius 3 is 2.89 bits per heavy atom. The van der Waals surface area contributed by atoms with Crippen molar-refractivity contribution in [1.82, 2.24) is 0 Å². The molecule has 1 aromatic rings. The van der Waals surface area contributed by atoms with E-state index in [0.717, 1.165) is 12.4 Å². The van der Waals surface area contributed by atoms with Gasteiger partial charge in [0, 0.05) is 5.56 Å². The van der Waals surface area contributed by atoms with Gasteiger partial charge in [0.1, 0.15) is 11.9 Å². The van der Waals surface area contributed by atoms with Gasteiger partial charge in [0.25, 0.3) is 0 Å². The summed E-state index contributed by atoms with van der Waals surface area (Å²) in [4.78, 5) is 0. The Balaban J connectivity index is 2.35. The van der Waals surface area contributed by atoms with Crippen molar-refractivity contribution in [3.8, 4) is 0 Å². The summed E-state index contributed by atoms with van der Waals surface area (Å²) >= 11 is 0. The van der Waals surface area contributed by atoms with Crippen LogP contribution in [0.3, 0.4) is 0 Å². The number of hydrogen-bond donors (Lipinski definition) is 0. The van der Waals surface area contributed by atoms with Crippen LogP contribution in [-0.2, 0) is 4.74 Å². The predicted octanol–water partition coefficient (Wildman–Crippen LogP) is 1.66. The second-order valence-corrected chi connectivity index (χ2v) is 2.25. The Kier molecular flexibility index (Phi) is 0.904. The number of aryl methyl sites for hydroxylation is 1. The van der Waals surface area contributed by atoms with Crippen LogP contribution in [0.25, 0.3) is 0 Å². The maximum atomic E-state index is 5.09. The lowest BCUT2D eigenvalue weighted by molar-refractivity contribution is 0.411. The molecule has 1 aliphatic heterocycles. The third-order valence-electron chi connectivity index (χ3n) is 1.58. The van der Waals surface area contributed by atoms with Crippen molar-refractivity contribution < 1.29 is 9.15 Å². The monoisotopic (exact) mass is 124 g/mol. The van der Waals surface area contributed by atoms with Gasteiger partial charge in [-0.15, -0.1) is 0 Å². The predicted molar refractivity (Wildman–Crippen MR) is 32.1 cm³/mol. The van der Waals surface area contributed by atoms with Gasteiger partial charge >= 0.3 is 0 Å². The number of hydrogen-bond acceptors (Lipinski definition) is 2. The van der Waals surface area contributed by atoms with Crippen molar-refractivity contribution in [2.45, 2.75) is 13.0 Å². The van der Waals surface area contributed by atoms with Crippen molar-refractivity contribution in [2.75, 3.05) is 6.61 Å². The molecule has 1 saturated heterocycles. The maximum absolute atomic E-state index is 5.09. The minimum atomic E-state index is 0.337. The molecular weight excluding hydrogens is 116 g/mol. The summed E-state index contributed by atoms with van der Waals surface area (Å²) in [5, 5.41) is 0. The zero-order valence-corrected chi connectivity index (χ0v) is 5.26. The number of ether oxygens (including phenoxy) is 1. The second kappa shape index (κ2) is 1.61. The highest BCUT2D eigenvalue weighted by molar-refractivity contribution is 5.21. The lowest BCUT2D eigenvalue weighted by Crippen LogP contribution is -1.76. The first-order chi connectivity index (χ1) is 4.38. The molecule has 0 amide bonds. The first-order valence-corrected chi connectivity index (χ1v) is 3.03. The standard InChI is InChI=1S/C7H8O2/c1-5-6(2-3-8-5)7-4-9-7/h2-3,7H,4H2,1H3. The maximum Gasteiger partial charge on any atom is 0.109 e. The number of rotatable bonds is 1. The highest BCUT2D eigenvalue weighted by Crippen LogP contribution is 2.32. The summed E-state index contributed by atoms with van der Waals surface area (Å²) in [6.07, 6.45) is 2.04. The molecule has 1 atom stereocenters. The van der Waals surface area contributed by atoms with Gasteiger partial charge in [-0.25, -0.2) is 0 Å². The Morgan fingerprint density at radius 1 is 1.67 bits per heavy atom. The van der Waals surface area contributed by atoms with Gasteiger partial charge < -0.3 is 9.15 Å².